The normalized spacial score (nSPS) is 27.3. The second-order valence-corrected chi connectivity index (χ2v) is 7.38. The molecular formula is C11H21NO4S. The zero-order valence-electron chi connectivity index (χ0n) is 10.6. The molecule has 1 saturated heterocycles. The van der Waals surface area contributed by atoms with Gasteiger partial charge in [-0.05, 0) is 18.3 Å². The number of sulfonamides is 1. The van der Waals surface area contributed by atoms with Crippen LogP contribution in [-0.2, 0) is 14.8 Å². The number of carboxylic acid groups (broad SMARTS) is 1. The molecule has 0 radical (unpaired) electrons. The highest BCUT2D eigenvalue weighted by molar-refractivity contribution is 7.89. The highest BCUT2D eigenvalue weighted by atomic mass is 32.2. The zero-order valence-corrected chi connectivity index (χ0v) is 11.4. The topological polar surface area (TPSA) is 74.7 Å². The summed E-state index contributed by atoms with van der Waals surface area (Å²) in [5.74, 6) is -1.22. The maximum atomic E-state index is 12.0. The molecule has 100 valence electrons. The lowest BCUT2D eigenvalue weighted by molar-refractivity contribution is -0.143. The van der Waals surface area contributed by atoms with Crippen LogP contribution >= 0.6 is 0 Å². The third-order valence-electron chi connectivity index (χ3n) is 2.91. The van der Waals surface area contributed by atoms with Crippen molar-refractivity contribution in [2.24, 2.45) is 17.8 Å². The minimum Gasteiger partial charge on any atom is -0.481 e. The Morgan fingerprint density at radius 1 is 1.41 bits per heavy atom. The maximum Gasteiger partial charge on any atom is 0.307 e. The fourth-order valence-electron chi connectivity index (χ4n) is 2.24. The number of nitrogens with zero attached hydrogens (tertiary/aromatic N) is 1. The number of carbonyl (C=O) groups is 1. The first-order valence-electron chi connectivity index (χ1n) is 5.93. The van der Waals surface area contributed by atoms with E-state index in [4.69, 9.17) is 5.11 Å². The van der Waals surface area contributed by atoms with E-state index in [0.717, 1.165) is 0 Å². The van der Waals surface area contributed by atoms with Crippen LogP contribution < -0.4 is 0 Å². The van der Waals surface area contributed by atoms with Crippen LogP contribution in [0.2, 0.25) is 0 Å². The summed E-state index contributed by atoms with van der Waals surface area (Å²) in [7, 11) is -3.31. The van der Waals surface area contributed by atoms with Gasteiger partial charge in [0.2, 0.25) is 10.0 Å². The summed E-state index contributed by atoms with van der Waals surface area (Å²) in [4.78, 5) is 11.0. The van der Waals surface area contributed by atoms with E-state index in [1.165, 1.54) is 4.31 Å². The average Bonchev–Trinajstić information content (AvgIpc) is 2.14. The second kappa shape index (κ2) is 5.35. The standard InChI is InChI=1S/C11H21NO4S/c1-8(2)7-17(15,16)12-5-9(3)4-10(6-12)11(13)14/h8-10H,4-7H2,1-3H3,(H,13,14). The Balaban J connectivity index is 2.80. The van der Waals surface area contributed by atoms with Gasteiger partial charge in [0.25, 0.3) is 0 Å². The van der Waals surface area contributed by atoms with Gasteiger partial charge in [0.05, 0.1) is 11.7 Å². The molecule has 1 rings (SSSR count). The number of aliphatic carboxylic acids is 1. The van der Waals surface area contributed by atoms with Crippen LogP contribution in [0.4, 0.5) is 0 Å². The first-order valence-corrected chi connectivity index (χ1v) is 7.54. The first-order chi connectivity index (χ1) is 7.72. The summed E-state index contributed by atoms with van der Waals surface area (Å²) < 4.78 is 25.4. The quantitative estimate of drug-likeness (QED) is 0.821. The summed E-state index contributed by atoms with van der Waals surface area (Å²) in [5.41, 5.74) is 0. The van der Waals surface area contributed by atoms with Gasteiger partial charge < -0.3 is 5.11 Å². The van der Waals surface area contributed by atoms with Crippen LogP contribution in [0, 0.1) is 17.8 Å². The maximum absolute atomic E-state index is 12.0. The van der Waals surface area contributed by atoms with Crippen molar-refractivity contribution in [2.75, 3.05) is 18.8 Å². The van der Waals surface area contributed by atoms with E-state index in [2.05, 4.69) is 0 Å². The van der Waals surface area contributed by atoms with E-state index < -0.39 is 21.9 Å². The zero-order chi connectivity index (χ0) is 13.2. The second-order valence-electron chi connectivity index (χ2n) is 5.37. The van der Waals surface area contributed by atoms with E-state index in [9.17, 15) is 13.2 Å². The van der Waals surface area contributed by atoms with Crippen molar-refractivity contribution in [1.82, 2.24) is 4.31 Å². The Kier molecular flexibility index (Phi) is 4.55. The minimum absolute atomic E-state index is 0.0560. The van der Waals surface area contributed by atoms with Crippen molar-refractivity contribution in [1.29, 1.82) is 0 Å². The van der Waals surface area contributed by atoms with Crippen molar-refractivity contribution >= 4 is 16.0 Å². The van der Waals surface area contributed by atoms with Gasteiger partial charge in [-0.1, -0.05) is 20.8 Å². The Morgan fingerprint density at radius 3 is 2.47 bits per heavy atom. The predicted octanol–water partition coefficient (Wildman–Crippen LogP) is 1.01. The Bertz CT molecular complexity index is 377. The van der Waals surface area contributed by atoms with E-state index in [1.54, 1.807) is 0 Å². The molecular weight excluding hydrogens is 242 g/mol. The van der Waals surface area contributed by atoms with Crippen LogP contribution in [0.15, 0.2) is 0 Å². The van der Waals surface area contributed by atoms with Crippen LogP contribution in [0.25, 0.3) is 0 Å². The lowest BCUT2D eigenvalue weighted by Crippen LogP contribution is -2.46. The lowest BCUT2D eigenvalue weighted by Gasteiger charge is -2.34. The van der Waals surface area contributed by atoms with E-state index >= 15 is 0 Å². The van der Waals surface area contributed by atoms with Crippen LogP contribution in [-0.4, -0.2) is 42.6 Å². The molecule has 0 aromatic rings. The molecule has 0 spiro atoms. The fraction of sp³-hybridized carbons (Fsp3) is 0.909. The summed E-state index contributed by atoms with van der Waals surface area (Å²) in [5, 5.41) is 9.00. The van der Waals surface area contributed by atoms with Crippen LogP contribution in [0.1, 0.15) is 27.2 Å². The van der Waals surface area contributed by atoms with E-state index in [0.29, 0.717) is 13.0 Å². The molecule has 0 bridgehead atoms. The first kappa shape index (κ1) is 14.4. The van der Waals surface area contributed by atoms with Crippen LogP contribution in [0.5, 0.6) is 0 Å². The molecule has 0 aromatic heterocycles. The van der Waals surface area contributed by atoms with Crippen molar-refractivity contribution in [3.8, 4) is 0 Å². The average molecular weight is 263 g/mol. The number of carboxylic acids is 1. The third-order valence-corrected chi connectivity index (χ3v) is 5.09. The monoisotopic (exact) mass is 263 g/mol. The van der Waals surface area contributed by atoms with Crippen molar-refractivity contribution in [2.45, 2.75) is 27.2 Å². The van der Waals surface area contributed by atoms with Gasteiger partial charge in [0.1, 0.15) is 0 Å². The van der Waals surface area contributed by atoms with E-state index in [1.807, 2.05) is 20.8 Å². The van der Waals surface area contributed by atoms with Crippen molar-refractivity contribution < 1.29 is 18.3 Å². The molecule has 1 aliphatic rings. The SMILES string of the molecule is CC(C)CS(=O)(=O)N1CC(C)CC(C(=O)O)C1. The minimum atomic E-state index is -3.31. The summed E-state index contributed by atoms with van der Waals surface area (Å²) >= 11 is 0. The van der Waals surface area contributed by atoms with Crippen molar-refractivity contribution in [3.05, 3.63) is 0 Å². The molecule has 0 amide bonds. The molecule has 6 heteroatoms. The predicted molar refractivity (Wildman–Crippen MR) is 65.1 cm³/mol. The highest BCUT2D eigenvalue weighted by Crippen LogP contribution is 2.24. The number of hydrogen-bond donors (Lipinski definition) is 1. The Hall–Kier alpha value is -0.620. The van der Waals surface area contributed by atoms with Gasteiger partial charge in [-0.2, -0.15) is 0 Å². The third kappa shape index (κ3) is 3.96. The van der Waals surface area contributed by atoms with Crippen molar-refractivity contribution in [3.63, 3.8) is 0 Å². The van der Waals surface area contributed by atoms with Gasteiger partial charge in [0.15, 0.2) is 0 Å². The van der Waals surface area contributed by atoms with Crippen LogP contribution in [0.3, 0.4) is 0 Å². The molecule has 1 aliphatic heterocycles. The largest absolute Gasteiger partial charge is 0.481 e. The molecule has 2 unspecified atom stereocenters. The molecule has 0 aromatic carbocycles. The van der Waals surface area contributed by atoms with Gasteiger partial charge in [-0.3, -0.25) is 4.79 Å². The molecule has 5 nitrogen and oxygen atoms in total. The molecule has 17 heavy (non-hydrogen) atoms. The Labute approximate surface area is 103 Å². The van der Waals surface area contributed by atoms with Gasteiger partial charge in [-0.15, -0.1) is 0 Å². The Morgan fingerprint density at radius 2 is 2.00 bits per heavy atom. The smallest absolute Gasteiger partial charge is 0.307 e. The number of hydrogen-bond acceptors (Lipinski definition) is 3. The van der Waals surface area contributed by atoms with Gasteiger partial charge in [-0.25, -0.2) is 12.7 Å². The molecule has 1 fully saturated rings. The number of piperidine rings is 1. The molecule has 1 N–H and O–H groups in total. The summed E-state index contributed by atoms with van der Waals surface area (Å²) in [6.07, 6.45) is 0.559. The highest BCUT2D eigenvalue weighted by Gasteiger charge is 2.35. The summed E-state index contributed by atoms with van der Waals surface area (Å²) in [6, 6.07) is 0. The lowest BCUT2D eigenvalue weighted by atomic mass is 9.92. The summed E-state index contributed by atoms with van der Waals surface area (Å²) in [6.45, 7) is 6.15. The number of rotatable bonds is 4. The molecule has 0 aliphatic carbocycles. The van der Waals surface area contributed by atoms with Gasteiger partial charge in [0, 0.05) is 13.1 Å². The fourth-order valence-corrected chi connectivity index (χ4v) is 4.18. The molecule has 2 atom stereocenters. The van der Waals surface area contributed by atoms with Gasteiger partial charge >= 0.3 is 5.97 Å². The molecule has 1 heterocycles. The van der Waals surface area contributed by atoms with E-state index in [-0.39, 0.29) is 24.1 Å². The molecule has 0 saturated carbocycles.